The van der Waals surface area contributed by atoms with Gasteiger partial charge in [0.15, 0.2) is 31.3 Å². The summed E-state index contributed by atoms with van der Waals surface area (Å²) in [7, 11) is 2.06. The first-order valence-electron chi connectivity index (χ1n) is 11.5. The Morgan fingerprint density at radius 2 is 1.36 bits per heavy atom. The Morgan fingerprint density at radius 3 is 2.00 bits per heavy atom. The van der Waals surface area contributed by atoms with Crippen LogP contribution >= 0.6 is 11.6 Å². The van der Waals surface area contributed by atoms with Crippen molar-refractivity contribution in [2.45, 2.75) is 19.4 Å². The highest BCUT2D eigenvalue weighted by molar-refractivity contribution is 6.30. The number of pyridine rings is 2. The van der Waals surface area contributed by atoms with E-state index in [9.17, 15) is 0 Å². The van der Waals surface area contributed by atoms with E-state index < -0.39 is 0 Å². The second-order valence-corrected chi connectivity index (χ2v) is 9.02. The number of nitrogens with zero attached hydrogens (tertiary/aromatic N) is 4. The van der Waals surface area contributed by atoms with Gasteiger partial charge in [-0.2, -0.15) is 4.57 Å². The maximum Gasteiger partial charge on any atom is 0.210 e. The molecule has 4 aromatic rings. The number of anilines is 3. The summed E-state index contributed by atoms with van der Waals surface area (Å²) in [6.45, 7) is 3.24. The molecule has 33 heavy (non-hydrogen) atoms. The second kappa shape index (κ2) is 9.63. The van der Waals surface area contributed by atoms with Gasteiger partial charge in [-0.15, -0.1) is 0 Å². The van der Waals surface area contributed by atoms with Gasteiger partial charge in [0.25, 0.3) is 0 Å². The van der Waals surface area contributed by atoms with E-state index >= 15 is 0 Å². The Labute approximate surface area is 200 Å². The Balaban J connectivity index is 1.24. The third-order valence-corrected chi connectivity index (χ3v) is 6.61. The number of rotatable bonds is 6. The summed E-state index contributed by atoms with van der Waals surface area (Å²) in [5.41, 5.74) is 6.00. The predicted octanol–water partition coefficient (Wildman–Crippen LogP) is 5.32. The molecule has 0 bridgehead atoms. The normalized spacial score (nSPS) is 13.3. The molecule has 0 atom stereocenters. The van der Waals surface area contributed by atoms with Crippen LogP contribution in [0.15, 0.2) is 97.6 Å². The van der Waals surface area contributed by atoms with Crippen molar-refractivity contribution in [1.82, 2.24) is 0 Å². The first-order chi connectivity index (χ1) is 16.2. The van der Waals surface area contributed by atoms with Crippen LogP contribution in [0.5, 0.6) is 0 Å². The maximum atomic E-state index is 6.01. The lowest BCUT2D eigenvalue weighted by molar-refractivity contribution is -0.688. The summed E-state index contributed by atoms with van der Waals surface area (Å²) < 4.78 is 4.38. The molecule has 1 aliphatic heterocycles. The summed E-state index contributed by atoms with van der Waals surface area (Å²) >= 11 is 6.01. The summed E-state index contributed by atoms with van der Waals surface area (Å²) in [5, 5.41) is 0.749. The molecular weight excluding hydrogens is 428 g/mol. The zero-order valence-electron chi connectivity index (χ0n) is 18.9. The van der Waals surface area contributed by atoms with Crippen molar-refractivity contribution in [3.8, 4) is 5.69 Å². The van der Waals surface area contributed by atoms with E-state index in [0.29, 0.717) is 0 Å². The molecule has 0 unspecified atom stereocenters. The van der Waals surface area contributed by atoms with Gasteiger partial charge >= 0.3 is 0 Å². The van der Waals surface area contributed by atoms with Crippen LogP contribution in [0.25, 0.3) is 5.69 Å². The standard InChI is InChI=1S/C28H29ClN4/c1-30(25-10-6-24(29)7-11-25)26-14-20-33(21-15-26)27-8-4-23(5-9-27)22-31-18-12-28(13-19-31)32-16-2-3-17-32/h4-15,18-21H,2-3,16-17,22H2,1H3/q+2. The molecule has 3 heterocycles. The van der Waals surface area contributed by atoms with Crippen LogP contribution in [-0.4, -0.2) is 20.1 Å². The number of hydrogen-bond acceptors (Lipinski definition) is 2. The monoisotopic (exact) mass is 456 g/mol. The molecule has 0 saturated carbocycles. The Hall–Kier alpha value is -3.37. The van der Waals surface area contributed by atoms with Crippen LogP contribution in [0.3, 0.4) is 0 Å². The van der Waals surface area contributed by atoms with E-state index in [2.05, 4.69) is 99.3 Å². The van der Waals surface area contributed by atoms with E-state index in [0.717, 1.165) is 28.6 Å². The van der Waals surface area contributed by atoms with Crippen LogP contribution in [0.1, 0.15) is 18.4 Å². The molecule has 0 aliphatic carbocycles. The van der Waals surface area contributed by atoms with Crippen LogP contribution in [-0.2, 0) is 6.54 Å². The van der Waals surface area contributed by atoms with Crippen LogP contribution in [0.2, 0.25) is 5.02 Å². The van der Waals surface area contributed by atoms with Crippen molar-refractivity contribution >= 4 is 28.7 Å². The van der Waals surface area contributed by atoms with Gasteiger partial charge in [0.2, 0.25) is 5.69 Å². The zero-order valence-corrected chi connectivity index (χ0v) is 19.7. The SMILES string of the molecule is CN(c1ccc(Cl)cc1)c1cc[n+](-c2ccc(C[n+]3ccc(N4CCCC4)cc3)cc2)cc1. The van der Waals surface area contributed by atoms with Crippen LogP contribution in [0, 0.1) is 0 Å². The molecule has 1 aliphatic rings. The topological polar surface area (TPSA) is 14.2 Å². The molecule has 0 spiro atoms. The molecule has 4 nitrogen and oxygen atoms in total. The molecular formula is C28H29ClN4+2. The zero-order chi connectivity index (χ0) is 22.6. The number of benzene rings is 2. The molecule has 0 N–H and O–H groups in total. The van der Waals surface area contributed by atoms with Gasteiger partial charge in [-0.05, 0) is 49.2 Å². The van der Waals surface area contributed by atoms with Gasteiger partial charge < -0.3 is 9.80 Å². The summed E-state index contributed by atoms with van der Waals surface area (Å²) in [5.74, 6) is 0. The fourth-order valence-electron chi connectivity index (χ4n) is 4.35. The average molecular weight is 457 g/mol. The molecule has 2 aromatic heterocycles. The fraction of sp³-hybridized carbons (Fsp3) is 0.214. The average Bonchev–Trinajstić information content (AvgIpc) is 3.40. The fourth-order valence-corrected chi connectivity index (χ4v) is 4.48. The molecule has 0 radical (unpaired) electrons. The number of aromatic nitrogens is 2. The molecule has 1 saturated heterocycles. The van der Waals surface area contributed by atoms with Crippen molar-refractivity contribution in [2.75, 3.05) is 29.9 Å². The Bertz CT molecular complexity index is 1180. The maximum absolute atomic E-state index is 6.01. The highest BCUT2D eigenvalue weighted by atomic mass is 35.5. The van der Waals surface area contributed by atoms with E-state index in [1.165, 1.54) is 37.2 Å². The van der Waals surface area contributed by atoms with Crippen LogP contribution < -0.4 is 18.9 Å². The van der Waals surface area contributed by atoms with Crippen molar-refractivity contribution in [3.05, 3.63) is 108 Å². The Morgan fingerprint density at radius 1 is 0.758 bits per heavy atom. The molecule has 166 valence electrons. The summed E-state index contributed by atoms with van der Waals surface area (Å²) in [4.78, 5) is 4.62. The number of halogens is 1. The molecule has 2 aromatic carbocycles. The van der Waals surface area contributed by atoms with Crippen molar-refractivity contribution in [2.24, 2.45) is 0 Å². The minimum atomic E-state index is 0.749. The van der Waals surface area contributed by atoms with Gasteiger partial charge in [-0.25, -0.2) is 4.57 Å². The second-order valence-electron chi connectivity index (χ2n) is 8.59. The lowest BCUT2D eigenvalue weighted by atomic mass is 10.2. The van der Waals surface area contributed by atoms with Crippen LogP contribution in [0.4, 0.5) is 17.1 Å². The van der Waals surface area contributed by atoms with E-state index in [-0.39, 0.29) is 0 Å². The minimum Gasteiger partial charge on any atom is -0.371 e. The number of hydrogen-bond donors (Lipinski definition) is 0. The highest BCUT2D eigenvalue weighted by Crippen LogP contribution is 2.24. The van der Waals surface area contributed by atoms with Gasteiger partial charge in [-0.1, -0.05) is 11.6 Å². The quantitative estimate of drug-likeness (QED) is 0.364. The highest BCUT2D eigenvalue weighted by Gasteiger charge is 2.14. The van der Waals surface area contributed by atoms with Crippen molar-refractivity contribution in [3.63, 3.8) is 0 Å². The van der Waals surface area contributed by atoms with Gasteiger partial charge in [0.1, 0.15) is 0 Å². The third-order valence-electron chi connectivity index (χ3n) is 6.36. The Kier molecular flexibility index (Phi) is 6.27. The minimum absolute atomic E-state index is 0.749. The largest absolute Gasteiger partial charge is 0.371 e. The van der Waals surface area contributed by atoms with Gasteiger partial charge in [0, 0.05) is 78.5 Å². The molecule has 0 amide bonds. The first kappa shape index (κ1) is 21.5. The lowest BCUT2D eigenvalue weighted by Crippen LogP contribution is -2.34. The summed E-state index contributed by atoms with van der Waals surface area (Å²) in [6.07, 6.45) is 11.2. The molecule has 5 heteroatoms. The van der Waals surface area contributed by atoms with Gasteiger partial charge in [-0.3, -0.25) is 0 Å². The van der Waals surface area contributed by atoms with Gasteiger partial charge in [0.05, 0.1) is 5.69 Å². The van der Waals surface area contributed by atoms with E-state index in [1.807, 2.05) is 24.3 Å². The summed E-state index contributed by atoms with van der Waals surface area (Å²) in [6, 6.07) is 25.4. The van der Waals surface area contributed by atoms with E-state index in [4.69, 9.17) is 11.6 Å². The predicted molar refractivity (Wildman–Crippen MR) is 135 cm³/mol. The molecule has 1 fully saturated rings. The lowest BCUT2D eigenvalue weighted by Gasteiger charge is -2.18. The smallest absolute Gasteiger partial charge is 0.210 e. The first-order valence-corrected chi connectivity index (χ1v) is 11.9. The third kappa shape index (κ3) is 5.01. The van der Waals surface area contributed by atoms with E-state index in [1.54, 1.807) is 0 Å². The van der Waals surface area contributed by atoms with Crippen molar-refractivity contribution < 1.29 is 9.13 Å². The molecule has 5 rings (SSSR count). The van der Waals surface area contributed by atoms with Crippen molar-refractivity contribution in [1.29, 1.82) is 0 Å².